The Bertz CT molecular complexity index is 1050. The van der Waals surface area contributed by atoms with Gasteiger partial charge in [0.2, 0.25) is 0 Å². The summed E-state index contributed by atoms with van der Waals surface area (Å²) >= 11 is 0. The van der Waals surface area contributed by atoms with E-state index in [9.17, 15) is 19.8 Å². The van der Waals surface area contributed by atoms with Gasteiger partial charge in [0.05, 0.1) is 11.7 Å². The number of fused-ring (bicyclic) bond motifs is 3. The van der Waals surface area contributed by atoms with Gasteiger partial charge in [-0.05, 0) is 81.6 Å². The van der Waals surface area contributed by atoms with Crippen molar-refractivity contribution in [1.29, 1.82) is 0 Å². The number of aliphatic hydroxyl groups is 2. The molecule has 4 fully saturated rings. The van der Waals surface area contributed by atoms with E-state index in [0.717, 1.165) is 42.4 Å². The summed E-state index contributed by atoms with van der Waals surface area (Å²) in [7, 11) is 0. The largest absolute Gasteiger partial charge is 0.462 e. The van der Waals surface area contributed by atoms with E-state index < -0.39 is 11.7 Å². The lowest BCUT2D eigenvalue weighted by Crippen LogP contribution is -2.58. The number of hydrogen-bond acceptors (Lipinski definition) is 5. The Kier molecular flexibility index (Phi) is 7.03. The molecule has 0 aromatic rings. The zero-order valence-electron chi connectivity index (χ0n) is 24.2. The number of Topliss-reactive ketones (excluding diaryl/α,β-unsaturated/α-hetero) is 1. The van der Waals surface area contributed by atoms with Gasteiger partial charge in [-0.3, -0.25) is 9.59 Å². The number of esters is 1. The van der Waals surface area contributed by atoms with Crippen LogP contribution in [0.5, 0.6) is 0 Å². The number of allylic oxidation sites excluding steroid dienone is 4. The molecule has 0 aromatic carbocycles. The molecule has 2 N–H and O–H groups in total. The van der Waals surface area contributed by atoms with E-state index in [1.807, 2.05) is 26.0 Å². The molecule has 206 valence electrons. The first kappa shape index (κ1) is 28.3. The summed E-state index contributed by atoms with van der Waals surface area (Å²) in [5.74, 6) is 0.416. The zero-order chi connectivity index (χ0) is 27.7. The predicted octanol–water partition coefficient (Wildman–Crippen LogP) is 5.95. The monoisotopic (exact) mass is 512 g/mol. The van der Waals surface area contributed by atoms with Gasteiger partial charge in [0.15, 0.2) is 5.78 Å². The molecule has 37 heavy (non-hydrogen) atoms. The van der Waals surface area contributed by atoms with Crippen LogP contribution in [0.1, 0.15) is 93.9 Å². The van der Waals surface area contributed by atoms with Crippen molar-refractivity contribution in [3.63, 3.8) is 0 Å². The van der Waals surface area contributed by atoms with Gasteiger partial charge < -0.3 is 14.9 Å². The van der Waals surface area contributed by atoms with Crippen molar-refractivity contribution in [2.24, 2.45) is 39.9 Å². The summed E-state index contributed by atoms with van der Waals surface area (Å²) in [5.41, 5.74) is 1.30. The molecular weight excluding hydrogens is 464 g/mol. The Morgan fingerprint density at radius 2 is 1.70 bits per heavy atom. The van der Waals surface area contributed by atoms with Crippen LogP contribution in [0.15, 0.2) is 35.5 Å². The van der Waals surface area contributed by atoms with E-state index in [-0.39, 0.29) is 51.9 Å². The molecule has 4 rings (SSSR count). The van der Waals surface area contributed by atoms with E-state index in [2.05, 4.69) is 34.3 Å². The first-order valence-corrected chi connectivity index (χ1v) is 14.1. The Morgan fingerprint density at radius 3 is 2.30 bits per heavy atom. The van der Waals surface area contributed by atoms with E-state index in [4.69, 9.17) is 4.74 Å². The predicted molar refractivity (Wildman–Crippen MR) is 146 cm³/mol. The van der Waals surface area contributed by atoms with Gasteiger partial charge in [-0.25, -0.2) is 0 Å². The lowest BCUT2D eigenvalue weighted by atomic mass is 9.43. The first-order chi connectivity index (χ1) is 17.0. The van der Waals surface area contributed by atoms with Crippen LogP contribution in [-0.4, -0.2) is 39.8 Å². The van der Waals surface area contributed by atoms with Gasteiger partial charge in [-0.2, -0.15) is 0 Å². The molecule has 9 atom stereocenters. The summed E-state index contributed by atoms with van der Waals surface area (Å²) in [6.07, 6.45) is 7.93. The number of ether oxygens (including phenoxy) is 1. The van der Waals surface area contributed by atoms with Gasteiger partial charge in [0.1, 0.15) is 6.10 Å². The summed E-state index contributed by atoms with van der Waals surface area (Å²) in [6.45, 7) is 20.4. The Balaban J connectivity index is 1.67. The average molecular weight is 513 g/mol. The number of rotatable bonds is 4. The van der Waals surface area contributed by atoms with Crippen LogP contribution in [0, 0.1) is 39.9 Å². The van der Waals surface area contributed by atoms with Crippen molar-refractivity contribution < 1.29 is 24.5 Å². The maximum atomic E-state index is 13.7. The number of aliphatic hydroxyl groups excluding tert-OH is 1. The fourth-order valence-electron chi connectivity index (χ4n) is 9.40. The highest BCUT2D eigenvalue weighted by atomic mass is 16.5. The molecule has 4 saturated carbocycles. The summed E-state index contributed by atoms with van der Waals surface area (Å²) < 4.78 is 5.78. The van der Waals surface area contributed by atoms with Crippen molar-refractivity contribution >= 4 is 11.8 Å². The fraction of sp³-hybridized carbons (Fsp3) is 0.750. The minimum Gasteiger partial charge on any atom is -0.462 e. The first-order valence-electron chi connectivity index (χ1n) is 14.1. The van der Waals surface area contributed by atoms with Crippen LogP contribution in [0.3, 0.4) is 0 Å². The number of carbonyl (C=O) groups is 2. The van der Waals surface area contributed by atoms with Crippen LogP contribution >= 0.6 is 0 Å². The number of carbonyl (C=O) groups excluding carboxylic acids is 2. The number of ketones is 1. The van der Waals surface area contributed by atoms with Gasteiger partial charge in [0, 0.05) is 35.7 Å². The van der Waals surface area contributed by atoms with E-state index in [1.165, 1.54) is 6.92 Å². The van der Waals surface area contributed by atoms with Crippen LogP contribution in [0.25, 0.3) is 0 Å². The zero-order valence-corrected chi connectivity index (χ0v) is 24.2. The average Bonchev–Trinajstić information content (AvgIpc) is 3.18. The Morgan fingerprint density at radius 1 is 1.05 bits per heavy atom. The lowest BCUT2D eigenvalue weighted by molar-refractivity contribution is -0.185. The van der Waals surface area contributed by atoms with Gasteiger partial charge in [-0.15, -0.1) is 0 Å². The second-order valence-electron chi connectivity index (χ2n) is 14.0. The highest BCUT2D eigenvalue weighted by Gasteiger charge is 2.65. The molecule has 5 nitrogen and oxygen atoms in total. The molecule has 0 saturated heterocycles. The normalized spacial score (nSPS) is 46.5. The Hall–Kier alpha value is -1.72. The second kappa shape index (κ2) is 9.19. The summed E-state index contributed by atoms with van der Waals surface area (Å²) in [5, 5.41) is 21.5. The van der Waals surface area contributed by atoms with Crippen molar-refractivity contribution in [3.8, 4) is 0 Å². The van der Waals surface area contributed by atoms with Crippen molar-refractivity contribution in [3.05, 3.63) is 35.5 Å². The molecule has 0 aromatic heterocycles. The molecule has 0 radical (unpaired) electrons. The molecule has 0 unspecified atom stereocenters. The van der Waals surface area contributed by atoms with E-state index >= 15 is 0 Å². The van der Waals surface area contributed by atoms with E-state index in [1.54, 1.807) is 6.92 Å². The third-order valence-corrected chi connectivity index (χ3v) is 11.4. The second-order valence-corrected chi connectivity index (χ2v) is 14.0. The van der Waals surface area contributed by atoms with Crippen LogP contribution in [-0.2, 0) is 14.3 Å². The minimum atomic E-state index is -1.23. The summed E-state index contributed by atoms with van der Waals surface area (Å²) in [4.78, 5) is 25.5. The maximum absolute atomic E-state index is 13.7. The van der Waals surface area contributed by atoms with Crippen LogP contribution in [0.4, 0.5) is 0 Å². The smallest absolute Gasteiger partial charge is 0.302 e. The van der Waals surface area contributed by atoms with Crippen molar-refractivity contribution in [2.75, 3.05) is 0 Å². The topological polar surface area (TPSA) is 83.8 Å². The number of hydrogen-bond donors (Lipinski definition) is 2. The quantitative estimate of drug-likeness (QED) is 0.276. The molecule has 4 aliphatic rings. The van der Waals surface area contributed by atoms with Gasteiger partial charge in [-0.1, -0.05) is 52.0 Å². The van der Waals surface area contributed by atoms with Gasteiger partial charge in [0.25, 0.3) is 0 Å². The van der Waals surface area contributed by atoms with E-state index in [0.29, 0.717) is 18.8 Å². The minimum absolute atomic E-state index is 0.00116. The fourth-order valence-corrected chi connectivity index (χ4v) is 9.40. The molecule has 5 heteroatoms. The molecule has 0 heterocycles. The standard InChI is InChI=1S/C32H48O5/c1-18(2)21-16-26(35)32(9,36)22(21)11-10-19(3)28-23(34)17-25-30(7)15-13-27(37-20(4)33)29(5,6)24(30)12-14-31(25,28)8/h10-11,21-22,24-27,35-36H,1,12-17H2,2-9H3/b11-10?,28-19+/t21-,22-,24-,25-,26+,27-,30-,31-,32+/m0/s1. The highest BCUT2D eigenvalue weighted by Crippen LogP contribution is 2.69. The Labute approximate surface area is 223 Å². The third-order valence-electron chi connectivity index (χ3n) is 11.4. The molecule has 0 aliphatic heterocycles. The lowest BCUT2D eigenvalue weighted by Gasteiger charge is -2.62. The SMILES string of the molecule is C=C(C)[C@@H]1C[C@@H](O)[C@](C)(O)[C@H]1C=C/C(C)=C1\C(=O)C[C@H]2[C@@]3(C)CC[C@H](OC(C)=O)C(C)(C)[C@@H]3CC[C@]12C. The molecule has 0 amide bonds. The van der Waals surface area contributed by atoms with Gasteiger partial charge >= 0.3 is 5.97 Å². The van der Waals surface area contributed by atoms with Crippen molar-refractivity contribution in [2.45, 2.75) is 112 Å². The molecule has 0 spiro atoms. The van der Waals surface area contributed by atoms with Crippen molar-refractivity contribution in [1.82, 2.24) is 0 Å². The summed E-state index contributed by atoms with van der Waals surface area (Å²) in [6, 6.07) is 0. The molecular formula is C32H48O5. The maximum Gasteiger partial charge on any atom is 0.302 e. The third kappa shape index (κ3) is 4.29. The highest BCUT2D eigenvalue weighted by molar-refractivity contribution is 6.00. The van der Waals surface area contributed by atoms with Crippen LogP contribution < -0.4 is 0 Å². The molecule has 0 bridgehead atoms. The van der Waals surface area contributed by atoms with Crippen LogP contribution in [0.2, 0.25) is 0 Å². The molecule has 4 aliphatic carbocycles.